The molecule has 2 aromatic carbocycles. The van der Waals surface area contributed by atoms with E-state index in [1.807, 2.05) is 0 Å². The number of benzene rings is 2. The molecule has 6 N–H and O–H groups in total. The van der Waals surface area contributed by atoms with Gasteiger partial charge in [-0.2, -0.15) is 0 Å². The number of hydrogen-bond acceptors (Lipinski definition) is 6. The number of nitrogens with two attached hydrogens (primary N) is 1. The first-order valence-electron chi connectivity index (χ1n) is 9.31. The smallest absolute Gasteiger partial charge is 0.408 e. The lowest BCUT2D eigenvalue weighted by molar-refractivity contribution is -0.142. The Labute approximate surface area is 178 Å². The van der Waals surface area contributed by atoms with Crippen molar-refractivity contribution >= 4 is 23.9 Å². The van der Waals surface area contributed by atoms with Gasteiger partial charge in [0.05, 0.1) is 6.42 Å². The van der Waals surface area contributed by atoms with Gasteiger partial charge in [-0.25, -0.2) is 9.59 Å². The van der Waals surface area contributed by atoms with Gasteiger partial charge in [0.2, 0.25) is 11.8 Å². The lowest BCUT2D eigenvalue weighted by atomic mass is 10.0. The van der Waals surface area contributed by atoms with Crippen LogP contribution in [0.25, 0.3) is 0 Å². The third-order valence-electron chi connectivity index (χ3n) is 4.22. The summed E-state index contributed by atoms with van der Waals surface area (Å²) in [5.74, 6) is -3.07. The third-order valence-corrected chi connectivity index (χ3v) is 4.22. The van der Waals surface area contributed by atoms with Gasteiger partial charge >= 0.3 is 12.1 Å². The molecule has 0 unspecified atom stereocenters. The second-order valence-electron chi connectivity index (χ2n) is 6.70. The molecule has 0 saturated heterocycles. The van der Waals surface area contributed by atoms with Crippen LogP contribution in [0.5, 0.6) is 5.75 Å². The largest absolute Gasteiger partial charge is 0.508 e. The van der Waals surface area contributed by atoms with Crippen molar-refractivity contribution in [2.75, 3.05) is 0 Å². The average molecular weight is 429 g/mol. The Hall–Kier alpha value is -4.08. The van der Waals surface area contributed by atoms with Gasteiger partial charge in [-0.1, -0.05) is 42.5 Å². The number of alkyl carbamates (subject to hydrolysis) is 1. The van der Waals surface area contributed by atoms with E-state index in [9.17, 15) is 29.4 Å². The maximum atomic E-state index is 12.6. The molecule has 0 saturated carbocycles. The van der Waals surface area contributed by atoms with E-state index in [-0.39, 0.29) is 18.8 Å². The van der Waals surface area contributed by atoms with E-state index in [0.717, 1.165) is 0 Å². The first-order valence-corrected chi connectivity index (χ1v) is 9.31. The van der Waals surface area contributed by atoms with E-state index >= 15 is 0 Å². The molecule has 0 heterocycles. The first kappa shape index (κ1) is 23.2. The van der Waals surface area contributed by atoms with E-state index in [4.69, 9.17) is 10.5 Å². The van der Waals surface area contributed by atoms with Crippen LogP contribution in [0.3, 0.4) is 0 Å². The van der Waals surface area contributed by atoms with Crippen molar-refractivity contribution in [2.45, 2.75) is 31.5 Å². The quantitative estimate of drug-likeness (QED) is 0.370. The fourth-order valence-corrected chi connectivity index (χ4v) is 2.66. The van der Waals surface area contributed by atoms with E-state index in [1.54, 1.807) is 30.3 Å². The van der Waals surface area contributed by atoms with Crippen LogP contribution < -0.4 is 16.4 Å². The summed E-state index contributed by atoms with van der Waals surface area (Å²) in [5, 5.41) is 23.3. The molecule has 0 spiro atoms. The molecule has 2 atom stereocenters. The SMILES string of the molecule is NC(=O)C[C@@H](NC(=O)OCc1ccccc1)C(=O)N[C@H](Cc1ccc(O)cc1)C(=O)O. The summed E-state index contributed by atoms with van der Waals surface area (Å²) in [5.41, 5.74) is 6.41. The van der Waals surface area contributed by atoms with Gasteiger partial charge in [0.1, 0.15) is 24.4 Å². The Bertz CT molecular complexity index is 916. The molecule has 0 aromatic heterocycles. The van der Waals surface area contributed by atoms with Crippen molar-refractivity contribution in [3.05, 3.63) is 65.7 Å². The van der Waals surface area contributed by atoms with E-state index in [1.165, 1.54) is 24.3 Å². The summed E-state index contributed by atoms with van der Waals surface area (Å²) in [4.78, 5) is 47.5. The molecule has 31 heavy (non-hydrogen) atoms. The van der Waals surface area contributed by atoms with Gasteiger partial charge in [-0.15, -0.1) is 0 Å². The Morgan fingerprint density at radius 1 is 0.903 bits per heavy atom. The normalized spacial score (nSPS) is 12.3. The zero-order chi connectivity index (χ0) is 22.8. The number of carbonyl (C=O) groups is 4. The monoisotopic (exact) mass is 429 g/mol. The van der Waals surface area contributed by atoms with Gasteiger partial charge in [0, 0.05) is 6.42 Å². The van der Waals surface area contributed by atoms with Gasteiger partial charge < -0.3 is 31.3 Å². The molecule has 164 valence electrons. The van der Waals surface area contributed by atoms with Crippen molar-refractivity contribution in [2.24, 2.45) is 5.73 Å². The molecule has 2 rings (SSSR count). The molecule has 10 nitrogen and oxygen atoms in total. The summed E-state index contributed by atoms with van der Waals surface area (Å²) in [6.07, 6.45) is -1.59. The molecular formula is C21H23N3O7. The van der Waals surface area contributed by atoms with E-state index in [2.05, 4.69) is 10.6 Å². The lowest BCUT2D eigenvalue weighted by Crippen LogP contribution is -2.53. The number of phenolic OH excluding ortho intramolecular Hbond substituents is 1. The van der Waals surface area contributed by atoms with Crippen molar-refractivity contribution in [3.8, 4) is 5.75 Å². The Kier molecular flexibility index (Phi) is 8.38. The number of phenols is 1. The van der Waals surface area contributed by atoms with Crippen LogP contribution in [0, 0.1) is 0 Å². The van der Waals surface area contributed by atoms with Crippen molar-refractivity contribution < 1.29 is 34.1 Å². The molecular weight excluding hydrogens is 406 g/mol. The highest BCUT2D eigenvalue weighted by atomic mass is 16.5. The number of amides is 3. The van der Waals surface area contributed by atoms with Gasteiger partial charge in [0.15, 0.2) is 0 Å². The molecule has 0 aliphatic carbocycles. The first-order chi connectivity index (χ1) is 14.7. The highest BCUT2D eigenvalue weighted by molar-refractivity contribution is 5.92. The third kappa shape index (κ3) is 8.05. The number of carbonyl (C=O) groups excluding carboxylic acids is 3. The van der Waals surface area contributed by atoms with Crippen LogP contribution in [0.2, 0.25) is 0 Å². The molecule has 2 aromatic rings. The van der Waals surface area contributed by atoms with E-state index in [0.29, 0.717) is 11.1 Å². The number of carboxylic acid groups (broad SMARTS) is 1. The standard InChI is InChI=1S/C21H23N3O7/c22-18(26)11-16(24-21(30)31-12-14-4-2-1-3-5-14)19(27)23-17(20(28)29)10-13-6-8-15(25)9-7-13/h1-9,16-17,25H,10-12H2,(H2,22,26)(H,23,27)(H,24,30)(H,28,29)/t16-,17-/m1/s1. The average Bonchev–Trinajstić information content (AvgIpc) is 2.73. The summed E-state index contributed by atoms with van der Waals surface area (Å²) in [7, 11) is 0. The van der Waals surface area contributed by atoms with Crippen LogP contribution in [-0.2, 0) is 32.1 Å². The predicted octanol–water partition coefficient (Wildman–Crippen LogP) is 0.674. The zero-order valence-electron chi connectivity index (χ0n) is 16.5. The Balaban J connectivity index is 2.00. The number of carboxylic acids is 1. The highest BCUT2D eigenvalue weighted by Gasteiger charge is 2.28. The summed E-state index contributed by atoms with van der Waals surface area (Å²) in [6.45, 7) is -0.0593. The topological polar surface area (TPSA) is 168 Å². The minimum Gasteiger partial charge on any atom is -0.508 e. The van der Waals surface area contributed by atoms with Crippen LogP contribution in [0.1, 0.15) is 17.5 Å². The molecule has 0 bridgehead atoms. The molecule has 0 aliphatic rings. The second kappa shape index (κ2) is 11.2. The molecule has 10 heteroatoms. The second-order valence-corrected chi connectivity index (χ2v) is 6.70. The minimum absolute atomic E-state index is 0.0133. The number of nitrogens with one attached hydrogen (secondary N) is 2. The minimum atomic E-state index is -1.41. The van der Waals surface area contributed by atoms with Gasteiger partial charge in [0.25, 0.3) is 0 Å². The van der Waals surface area contributed by atoms with E-state index < -0.39 is 42.4 Å². The number of ether oxygens (including phenoxy) is 1. The van der Waals surface area contributed by atoms with Crippen LogP contribution in [-0.4, -0.2) is 46.2 Å². The molecule has 3 amide bonds. The van der Waals surface area contributed by atoms with Gasteiger partial charge in [-0.05, 0) is 23.3 Å². The van der Waals surface area contributed by atoms with Crippen molar-refractivity contribution in [3.63, 3.8) is 0 Å². The maximum Gasteiger partial charge on any atom is 0.408 e. The molecule has 0 aliphatic heterocycles. The fraction of sp³-hybridized carbons (Fsp3) is 0.238. The number of rotatable bonds is 10. The number of hydrogen-bond donors (Lipinski definition) is 5. The van der Waals surface area contributed by atoms with Crippen LogP contribution in [0.4, 0.5) is 4.79 Å². The fourth-order valence-electron chi connectivity index (χ4n) is 2.66. The maximum absolute atomic E-state index is 12.6. The molecule has 0 fully saturated rings. The molecule has 0 radical (unpaired) electrons. The summed E-state index contributed by atoms with van der Waals surface area (Å²) >= 11 is 0. The van der Waals surface area contributed by atoms with Crippen molar-refractivity contribution in [1.82, 2.24) is 10.6 Å². The van der Waals surface area contributed by atoms with Crippen molar-refractivity contribution in [1.29, 1.82) is 0 Å². The highest BCUT2D eigenvalue weighted by Crippen LogP contribution is 2.12. The lowest BCUT2D eigenvalue weighted by Gasteiger charge is -2.20. The Morgan fingerprint density at radius 2 is 1.55 bits per heavy atom. The summed E-state index contributed by atoms with van der Waals surface area (Å²) < 4.78 is 5.03. The number of primary amides is 1. The predicted molar refractivity (Wildman–Crippen MR) is 109 cm³/mol. The Morgan fingerprint density at radius 3 is 2.13 bits per heavy atom. The van der Waals surface area contributed by atoms with Crippen LogP contribution in [0.15, 0.2) is 54.6 Å². The number of aromatic hydroxyl groups is 1. The van der Waals surface area contributed by atoms with Crippen LogP contribution >= 0.6 is 0 Å². The summed E-state index contributed by atoms with van der Waals surface area (Å²) in [6, 6.07) is 11.8. The number of aliphatic carboxylic acids is 1. The van der Waals surface area contributed by atoms with Gasteiger partial charge in [-0.3, -0.25) is 9.59 Å². The zero-order valence-corrected chi connectivity index (χ0v) is 16.5.